The van der Waals surface area contributed by atoms with Gasteiger partial charge in [-0.1, -0.05) is 6.92 Å². The van der Waals surface area contributed by atoms with E-state index in [4.69, 9.17) is 5.73 Å². The lowest BCUT2D eigenvalue weighted by Gasteiger charge is -2.34. The van der Waals surface area contributed by atoms with Crippen LogP contribution in [0.1, 0.15) is 13.3 Å². The number of sulfonamides is 1. The molecule has 0 bridgehead atoms. The summed E-state index contributed by atoms with van der Waals surface area (Å²) in [6, 6.07) is 2.45. The predicted molar refractivity (Wildman–Crippen MR) is 73.6 cm³/mol. The molecule has 0 aliphatic carbocycles. The van der Waals surface area contributed by atoms with E-state index in [2.05, 4.69) is 0 Å². The Morgan fingerprint density at radius 3 is 2.67 bits per heavy atom. The molecule has 0 spiro atoms. The van der Waals surface area contributed by atoms with Crippen molar-refractivity contribution in [1.29, 1.82) is 0 Å². The van der Waals surface area contributed by atoms with Crippen LogP contribution in [0.2, 0.25) is 0 Å². The summed E-state index contributed by atoms with van der Waals surface area (Å²) in [5.41, 5.74) is 5.35. The summed E-state index contributed by atoms with van der Waals surface area (Å²) < 4.78 is 39.9. The Morgan fingerprint density at radius 2 is 2.14 bits per heavy atom. The van der Waals surface area contributed by atoms with Crippen LogP contribution in [0.25, 0.3) is 0 Å². The average molecular weight is 317 g/mol. The van der Waals surface area contributed by atoms with Crippen LogP contribution in [0.3, 0.4) is 0 Å². The largest absolute Gasteiger partial charge is 0.327 e. The second kappa shape index (κ2) is 5.66. The molecule has 2 rings (SSSR count). The van der Waals surface area contributed by atoms with Crippen molar-refractivity contribution in [2.24, 2.45) is 11.7 Å². The van der Waals surface area contributed by atoms with Crippen LogP contribution in [0, 0.1) is 21.8 Å². The van der Waals surface area contributed by atoms with E-state index in [-0.39, 0.29) is 25.0 Å². The topological polar surface area (TPSA) is 107 Å². The van der Waals surface area contributed by atoms with E-state index in [9.17, 15) is 22.9 Å². The zero-order chi connectivity index (χ0) is 15.8. The van der Waals surface area contributed by atoms with Crippen molar-refractivity contribution in [3.63, 3.8) is 0 Å². The third kappa shape index (κ3) is 3.04. The second-order valence-corrected chi connectivity index (χ2v) is 7.07. The van der Waals surface area contributed by atoms with Gasteiger partial charge in [-0.3, -0.25) is 10.1 Å². The Kier molecular flexibility index (Phi) is 4.26. The highest BCUT2D eigenvalue weighted by atomic mass is 32.2. The fourth-order valence-corrected chi connectivity index (χ4v) is 3.90. The molecule has 1 fully saturated rings. The van der Waals surface area contributed by atoms with E-state index >= 15 is 0 Å². The highest BCUT2D eigenvalue weighted by Crippen LogP contribution is 2.26. The van der Waals surface area contributed by atoms with Gasteiger partial charge in [0.1, 0.15) is 10.7 Å². The molecule has 1 saturated heterocycles. The number of benzene rings is 1. The summed E-state index contributed by atoms with van der Waals surface area (Å²) >= 11 is 0. The number of piperidine rings is 1. The Hall–Kier alpha value is -1.58. The minimum absolute atomic E-state index is 0.0327. The molecule has 116 valence electrons. The summed E-state index contributed by atoms with van der Waals surface area (Å²) in [6.07, 6.45) is 0.495. The first-order valence-electron chi connectivity index (χ1n) is 6.43. The van der Waals surface area contributed by atoms with E-state index in [1.807, 2.05) is 6.92 Å². The smallest absolute Gasteiger partial charge is 0.272 e. The minimum atomic E-state index is -4.01. The molecule has 21 heavy (non-hydrogen) atoms. The lowest BCUT2D eigenvalue weighted by Crippen LogP contribution is -2.48. The minimum Gasteiger partial charge on any atom is -0.327 e. The van der Waals surface area contributed by atoms with Gasteiger partial charge in [-0.25, -0.2) is 12.8 Å². The maximum atomic E-state index is 13.9. The first-order valence-corrected chi connectivity index (χ1v) is 7.87. The molecule has 2 unspecified atom stereocenters. The highest BCUT2D eigenvalue weighted by molar-refractivity contribution is 7.89. The summed E-state index contributed by atoms with van der Waals surface area (Å²) in [7, 11) is -4.01. The Bertz CT molecular complexity index is 664. The van der Waals surface area contributed by atoms with Gasteiger partial charge in [0.25, 0.3) is 5.69 Å². The molecule has 2 N–H and O–H groups in total. The van der Waals surface area contributed by atoms with Crippen molar-refractivity contribution in [3.05, 3.63) is 34.1 Å². The SMILES string of the molecule is CC1CN(S(=O)(=O)c2ccc([N+](=O)[O-])cc2F)CCC1N. The van der Waals surface area contributed by atoms with Crippen LogP contribution in [-0.4, -0.2) is 36.8 Å². The highest BCUT2D eigenvalue weighted by Gasteiger charge is 2.34. The quantitative estimate of drug-likeness (QED) is 0.663. The molecule has 1 heterocycles. The van der Waals surface area contributed by atoms with Crippen LogP contribution in [0.4, 0.5) is 10.1 Å². The van der Waals surface area contributed by atoms with Gasteiger partial charge in [0.2, 0.25) is 10.0 Å². The van der Waals surface area contributed by atoms with Crippen LogP contribution >= 0.6 is 0 Å². The van der Waals surface area contributed by atoms with Crippen molar-refractivity contribution in [3.8, 4) is 0 Å². The van der Waals surface area contributed by atoms with Crippen molar-refractivity contribution in [1.82, 2.24) is 4.31 Å². The lowest BCUT2D eigenvalue weighted by molar-refractivity contribution is -0.385. The predicted octanol–water partition coefficient (Wildman–Crippen LogP) is 1.09. The van der Waals surface area contributed by atoms with Gasteiger partial charge in [0, 0.05) is 25.2 Å². The number of rotatable bonds is 3. The molecular formula is C12H16FN3O4S. The van der Waals surface area contributed by atoms with Crippen LogP contribution < -0.4 is 5.73 Å². The maximum absolute atomic E-state index is 13.9. The van der Waals surface area contributed by atoms with Gasteiger partial charge in [-0.15, -0.1) is 0 Å². The molecule has 2 atom stereocenters. The van der Waals surface area contributed by atoms with Gasteiger partial charge >= 0.3 is 0 Å². The molecule has 0 amide bonds. The molecule has 0 saturated carbocycles. The van der Waals surface area contributed by atoms with Crippen molar-refractivity contribution >= 4 is 15.7 Å². The number of halogens is 1. The van der Waals surface area contributed by atoms with Gasteiger partial charge in [-0.2, -0.15) is 4.31 Å². The summed E-state index contributed by atoms with van der Waals surface area (Å²) in [5, 5.41) is 10.6. The van der Waals surface area contributed by atoms with Crippen molar-refractivity contribution < 1.29 is 17.7 Å². The monoisotopic (exact) mass is 317 g/mol. The molecule has 1 aromatic carbocycles. The molecule has 9 heteroatoms. The summed E-state index contributed by atoms with van der Waals surface area (Å²) in [4.78, 5) is 9.24. The molecule has 1 aliphatic heterocycles. The standard InChI is InChI=1S/C12H16FN3O4S/c1-8-7-15(5-4-11(8)14)21(19,20)12-3-2-9(16(17)18)6-10(12)13/h2-3,6,8,11H,4-5,7,14H2,1H3. The number of nitro groups is 1. The number of nitrogens with two attached hydrogens (primary N) is 1. The summed E-state index contributed by atoms with van der Waals surface area (Å²) in [6.45, 7) is 2.25. The van der Waals surface area contributed by atoms with E-state index in [0.29, 0.717) is 12.5 Å². The van der Waals surface area contributed by atoms with Crippen LogP contribution in [-0.2, 0) is 10.0 Å². The third-order valence-corrected chi connectivity index (χ3v) is 5.58. The van der Waals surface area contributed by atoms with E-state index in [0.717, 1.165) is 12.1 Å². The van der Waals surface area contributed by atoms with E-state index in [1.165, 1.54) is 4.31 Å². The number of non-ortho nitro benzene ring substituents is 1. The number of hydrogen-bond acceptors (Lipinski definition) is 5. The molecular weight excluding hydrogens is 301 g/mol. The average Bonchev–Trinajstić information content (AvgIpc) is 2.41. The number of nitro benzene ring substituents is 1. The Labute approximate surface area is 121 Å². The van der Waals surface area contributed by atoms with Crippen LogP contribution in [0.5, 0.6) is 0 Å². The fraction of sp³-hybridized carbons (Fsp3) is 0.500. The Balaban J connectivity index is 2.34. The van der Waals surface area contributed by atoms with Gasteiger partial charge in [0.15, 0.2) is 0 Å². The Morgan fingerprint density at radius 1 is 1.48 bits per heavy atom. The summed E-state index contributed by atoms with van der Waals surface area (Å²) in [5.74, 6) is -1.15. The fourth-order valence-electron chi connectivity index (χ4n) is 2.30. The lowest BCUT2D eigenvalue weighted by atomic mass is 9.96. The molecule has 1 aromatic rings. The van der Waals surface area contributed by atoms with Gasteiger partial charge < -0.3 is 5.73 Å². The third-order valence-electron chi connectivity index (χ3n) is 3.68. The molecule has 0 radical (unpaired) electrons. The molecule has 1 aliphatic rings. The zero-order valence-electron chi connectivity index (χ0n) is 11.4. The van der Waals surface area contributed by atoms with Crippen molar-refractivity contribution in [2.45, 2.75) is 24.3 Å². The first-order chi connectivity index (χ1) is 9.73. The molecule has 7 nitrogen and oxygen atoms in total. The zero-order valence-corrected chi connectivity index (χ0v) is 12.2. The van der Waals surface area contributed by atoms with Crippen molar-refractivity contribution in [2.75, 3.05) is 13.1 Å². The second-order valence-electron chi connectivity index (χ2n) is 5.16. The molecule has 0 aromatic heterocycles. The van der Waals surface area contributed by atoms with E-state index in [1.54, 1.807) is 0 Å². The van der Waals surface area contributed by atoms with E-state index < -0.39 is 31.3 Å². The maximum Gasteiger partial charge on any atom is 0.272 e. The van der Waals surface area contributed by atoms with Gasteiger partial charge in [0.05, 0.1) is 11.0 Å². The number of hydrogen-bond donors (Lipinski definition) is 1. The van der Waals surface area contributed by atoms with Gasteiger partial charge in [-0.05, 0) is 18.4 Å². The number of nitrogens with zero attached hydrogens (tertiary/aromatic N) is 2. The van der Waals surface area contributed by atoms with Crippen LogP contribution in [0.15, 0.2) is 23.1 Å². The normalized spacial score (nSPS) is 24.0. The first kappa shape index (κ1) is 15.8.